The van der Waals surface area contributed by atoms with Gasteiger partial charge >= 0.3 is 0 Å². The fourth-order valence-corrected chi connectivity index (χ4v) is 4.15. The predicted molar refractivity (Wildman–Crippen MR) is 99.7 cm³/mol. The van der Waals surface area contributed by atoms with Gasteiger partial charge in [0.05, 0.1) is 17.5 Å². The maximum absolute atomic E-state index is 14.0. The molecule has 0 N–H and O–H groups in total. The molecule has 24 heavy (non-hydrogen) atoms. The molecule has 0 radical (unpaired) electrons. The van der Waals surface area contributed by atoms with Gasteiger partial charge in [-0.15, -0.1) is 0 Å². The van der Waals surface area contributed by atoms with Crippen LogP contribution in [0.1, 0.15) is 34.0 Å². The molecule has 0 bridgehead atoms. The number of pyridine rings is 1. The number of hydrogen-bond donors (Lipinski definition) is 0. The van der Waals surface area contributed by atoms with E-state index in [1.807, 2.05) is 19.9 Å². The molecule has 0 aromatic carbocycles. The van der Waals surface area contributed by atoms with Crippen molar-refractivity contribution >= 4 is 33.6 Å². The van der Waals surface area contributed by atoms with Gasteiger partial charge in [0, 0.05) is 30.0 Å². The lowest BCUT2D eigenvalue weighted by atomic mass is 9.73. The number of fused-ring (bicyclic) bond motifs is 1. The number of aryl methyl sites for hydroxylation is 2. The van der Waals surface area contributed by atoms with Crippen LogP contribution >= 0.6 is 22.6 Å². The van der Waals surface area contributed by atoms with Gasteiger partial charge in [-0.25, -0.2) is 4.39 Å². The van der Waals surface area contributed by atoms with Crippen LogP contribution in [0.25, 0.3) is 22.2 Å². The first kappa shape index (κ1) is 13.8. The molecule has 0 spiro atoms. The topological polar surface area (TPSA) is 43.9 Å². The minimum absolute atomic E-state index is 0.229. The fraction of sp³-hybridized carbons (Fsp3) is 0.444. The molecule has 4 nitrogen and oxygen atoms in total. The Morgan fingerprint density at radius 3 is 2.88 bits per heavy atom. The number of alkyl halides is 1. The highest BCUT2D eigenvalue weighted by atomic mass is 127. The Labute approximate surface area is 156 Å². The first-order valence-corrected chi connectivity index (χ1v) is 8.97. The summed E-state index contributed by atoms with van der Waals surface area (Å²) in [5.74, 6) is 0.346. The molecule has 0 aliphatic heterocycles. The van der Waals surface area contributed by atoms with E-state index in [2.05, 4.69) is 32.7 Å². The summed E-state index contributed by atoms with van der Waals surface area (Å²) in [5, 5.41) is 3.99. The van der Waals surface area contributed by atoms with Crippen molar-refractivity contribution in [1.29, 1.82) is 0 Å². The van der Waals surface area contributed by atoms with Gasteiger partial charge in [-0.1, -0.05) is 5.16 Å². The van der Waals surface area contributed by atoms with Crippen molar-refractivity contribution < 1.29 is 11.7 Å². The van der Waals surface area contributed by atoms with E-state index in [-0.39, 0.29) is 18.8 Å². The SMILES string of the molecule is [2H]C([2H])(C1CC(C)(F)C1)n1cc(I)c2ncc(-c3c(C)noc3C)cc21. The van der Waals surface area contributed by atoms with Crippen LogP contribution in [0.5, 0.6) is 0 Å². The van der Waals surface area contributed by atoms with E-state index >= 15 is 0 Å². The quantitative estimate of drug-likeness (QED) is 0.535. The van der Waals surface area contributed by atoms with Crippen molar-refractivity contribution in [2.24, 2.45) is 5.92 Å². The summed E-state index contributed by atoms with van der Waals surface area (Å²) in [4.78, 5) is 4.55. The van der Waals surface area contributed by atoms with Crippen LogP contribution in [-0.2, 0) is 6.50 Å². The smallest absolute Gasteiger partial charge is 0.141 e. The molecule has 1 aliphatic carbocycles. The lowest BCUT2D eigenvalue weighted by Crippen LogP contribution is -2.38. The first-order valence-electron chi connectivity index (χ1n) is 8.89. The maximum atomic E-state index is 14.0. The minimum atomic E-state index is -1.67. The summed E-state index contributed by atoms with van der Waals surface area (Å²) in [6, 6.07) is 1.92. The zero-order valence-electron chi connectivity index (χ0n) is 15.7. The van der Waals surface area contributed by atoms with Crippen LogP contribution in [0.15, 0.2) is 23.0 Å². The third-order valence-electron chi connectivity index (χ3n) is 4.58. The maximum Gasteiger partial charge on any atom is 0.141 e. The molecule has 0 amide bonds. The Hall–Kier alpha value is -1.44. The van der Waals surface area contributed by atoms with Crippen molar-refractivity contribution in [1.82, 2.24) is 14.7 Å². The second-order valence-electron chi connectivity index (χ2n) is 6.79. The summed E-state index contributed by atoms with van der Waals surface area (Å²) in [6.07, 6.45) is 3.99. The molecule has 4 rings (SSSR count). The highest BCUT2D eigenvalue weighted by Gasteiger charge is 2.40. The van der Waals surface area contributed by atoms with Crippen molar-refractivity contribution in [2.75, 3.05) is 0 Å². The van der Waals surface area contributed by atoms with Crippen LogP contribution in [0.2, 0.25) is 0 Å². The minimum Gasteiger partial charge on any atom is -0.361 e. The molecular weight excluding hydrogens is 420 g/mol. The zero-order valence-corrected chi connectivity index (χ0v) is 15.9. The highest BCUT2D eigenvalue weighted by molar-refractivity contribution is 14.1. The van der Waals surface area contributed by atoms with Crippen LogP contribution in [0, 0.1) is 23.3 Å². The van der Waals surface area contributed by atoms with Crippen LogP contribution in [-0.4, -0.2) is 20.4 Å². The summed E-state index contributed by atoms with van der Waals surface area (Å²) in [7, 11) is 0. The molecule has 3 aromatic heterocycles. The molecule has 0 atom stereocenters. The molecule has 6 heteroatoms. The largest absolute Gasteiger partial charge is 0.361 e. The number of halogens is 2. The van der Waals surface area contributed by atoms with Gasteiger partial charge in [0.2, 0.25) is 0 Å². The standard InChI is InChI=1S/C18H19FIN3O/c1-10-16(11(2)24-22-10)13-4-15-17(21-7-13)14(20)9-23(15)8-12-5-18(3,19)6-12/h4,7,9,12H,5-6,8H2,1-3H3/i8D2. The number of hydrogen-bond acceptors (Lipinski definition) is 3. The molecule has 1 fully saturated rings. The molecule has 0 unspecified atom stereocenters. The van der Waals surface area contributed by atoms with E-state index in [4.69, 9.17) is 7.26 Å². The van der Waals surface area contributed by atoms with Gasteiger partial charge in [-0.3, -0.25) is 4.98 Å². The van der Waals surface area contributed by atoms with E-state index in [1.165, 1.54) is 6.92 Å². The molecular formula is C18H19FIN3O. The molecule has 3 heterocycles. The monoisotopic (exact) mass is 441 g/mol. The Balaban J connectivity index is 1.85. The summed E-state index contributed by atoms with van der Waals surface area (Å²) >= 11 is 2.16. The molecule has 3 aromatic rings. The second kappa shape index (κ2) is 5.54. The van der Waals surface area contributed by atoms with E-state index in [0.717, 1.165) is 25.9 Å². The Bertz CT molecular complexity index is 984. The van der Waals surface area contributed by atoms with Gasteiger partial charge < -0.3 is 9.09 Å². The lowest BCUT2D eigenvalue weighted by molar-refractivity contribution is 0.0178. The van der Waals surface area contributed by atoms with Gasteiger partial charge in [-0.05, 0) is 68.2 Å². The summed E-state index contributed by atoms with van der Waals surface area (Å²) < 4.78 is 38.9. The first-order chi connectivity index (χ1) is 12.1. The zero-order chi connectivity index (χ0) is 18.9. The van der Waals surface area contributed by atoms with Crippen LogP contribution in [0.3, 0.4) is 0 Å². The summed E-state index contributed by atoms with van der Waals surface area (Å²) in [6.45, 7) is 3.58. The lowest BCUT2D eigenvalue weighted by Gasteiger charge is -2.39. The van der Waals surface area contributed by atoms with Gasteiger partial charge in [0.1, 0.15) is 16.9 Å². The van der Waals surface area contributed by atoms with Crippen molar-refractivity contribution in [3.05, 3.63) is 33.5 Å². The Kier molecular flexibility index (Phi) is 3.19. The molecule has 1 saturated carbocycles. The van der Waals surface area contributed by atoms with Crippen molar-refractivity contribution in [3.63, 3.8) is 0 Å². The Morgan fingerprint density at radius 1 is 1.50 bits per heavy atom. The highest BCUT2D eigenvalue weighted by Crippen LogP contribution is 2.42. The Morgan fingerprint density at radius 2 is 2.25 bits per heavy atom. The van der Waals surface area contributed by atoms with E-state index < -0.39 is 12.2 Å². The normalized spacial score (nSPS) is 25.5. The van der Waals surface area contributed by atoms with Gasteiger partial charge in [0.15, 0.2) is 0 Å². The summed E-state index contributed by atoms with van der Waals surface area (Å²) in [5.41, 5.74) is 2.66. The third-order valence-corrected chi connectivity index (χ3v) is 5.37. The van der Waals surface area contributed by atoms with Crippen LogP contribution in [0.4, 0.5) is 4.39 Å². The second-order valence-corrected chi connectivity index (χ2v) is 7.95. The average molecular weight is 441 g/mol. The number of aromatic nitrogens is 3. The van der Waals surface area contributed by atoms with E-state index in [9.17, 15) is 4.39 Å². The van der Waals surface area contributed by atoms with Gasteiger partial charge in [-0.2, -0.15) is 0 Å². The average Bonchev–Trinajstić information content (AvgIpc) is 3.05. The van der Waals surface area contributed by atoms with Crippen LogP contribution < -0.4 is 0 Å². The molecule has 126 valence electrons. The number of nitrogens with zero attached hydrogens (tertiary/aromatic N) is 3. The third kappa shape index (κ3) is 2.64. The number of rotatable bonds is 3. The van der Waals surface area contributed by atoms with E-state index in [1.54, 1.807) is 17.0 Å². The van der Waals surface area contributed by atoms with Crippen molar-refractivity contribution in [3.8, 4) is 11.1 Å². The van der Waals surface area contributed by atoms with E-state index in [0.29, 0.717) is 11.3 Å². The van der Waals surface area contributed by atoms with Crippen molar-refractivity contribution in [2.45, 2.75) is 45.8 Å². The van der Waals surface area contributed by atoms with Gasteiger partial charge in [0.25, 0.3) is 0 Å². The predicted octanol–water partition coefficient (Wildman–Crippen LogP) is 5.05. The fourth-order valence-electron chi connectivity index (χ4n) is 3.46. The molecule has 1 aliphatic rings. The molecule has 0 saturated heterocycles.